The summed E-state index contributed by atoms with van der Waals surface area (Å²) in [7, 11) is 0. The molecule has 1 fully saturated rings. The van der Waals surface area contributed by atoms with Crippen LogP contribution in [0.25, 0.3) is 0 Å². The van der Waals surface area contributed by atoms with Crippen molar-refractivity contribution in [2.24, 2.45) is 0 Å². The molecule has 2 rings (SSSR count). The van der Waals surface area contributed by atoms with Crippen LogP contribution in [0, 0.1) is 10.1 Å². The number of piperidine rings is 1. The Hall–Kier alpha value is -2.84. The van der Waals surface area contributed by atoms with E-state index < -0.39 is 4.92 Å². The number of nitrogens with zero attached hydrogens (tertiary/aromatic N) is 2. The standard InChI is InChI=1S/C17H24N4O5/c1-2-26-17(23)20-11-8-13(9-12-20)19-16(22)7-10-18-14-5-3-4-6-15(14)21(24)25/h3-6,13,18H,2,7-12H2,1H3,(H,19,22). The first-order chi connectivity index (χ1) is 12.5. The molecule has 0 aromatic heterocycles. The molecule has 0 saturated carbocycles. The van der Waals surface area contributed by atoms with Crippen LogP contribution in [-0.2, 0) is 9.53 Å². The molecule has 1 aromatic carbocycles. The van der Waals surface area contributed by atoms with Gasteiger partial charge in [-0.3, -0.25) is 14.9 Å². The van der Waals surface area contributed by atoms with E-state index in [1.54, 1.807) is 30.0 Å². The van der Waals surface area contributed by atoms with Crippen molar-refractivity contribution in [2.75, 3.05) is 31.6 Å². The summed E-state index contributed by atoms with van der Waals surface area (Å²) in [5.41, 5.74) is 0.382. The Bertz CT molecular complexity index is 644. The van der Waals surface area contributed by atoms with Gasteiger partial charge in [-0.15, -0.1) is 0 Å². The summed E-state index contributed by atoms with van der Waals surface area (Å²) in [5.74, 6) is -0.120. The molecule has 0 atom stereocenters. The third-order valence-electron chi connectivity index (χ3n) is 4.15. The second-order valence-corrected chi connectivity index (χ2v) is 5.98. The molecule has 26 heavy (non-hydrogen) atoms. The highest BCUT2D eigenvalue weighted by Gasteiger charge is 2.24. The number of ether oxygens (including phenoxy) is 1. The highest BCUT2D eigenvalue weighted by atomic mass is 16.6. The number of hydrogen-bond donors (Lipinski definition) is 2. The van der Waals surface area contributed by atoms with Gasteiger partial charge in [-0.25, -0.2) is 4.79 Å². The van der Waals surface area contributed by atoms with Crippen molar-refractivity contribution in [3.05, 3.63) is 34.4 Å². The monoisotopic (exact) mass is 364 g/mol. The first-order valence-electron chi connectivity index (χ1n) is 8.69. The van der Waals surface area contributed by atoms with Crippen LogP contribution in [0.4, 0.5) is 16.2 Å². The van der Waals surface area contributed by atoms with Gasteiger partial charge in [0.25, 0.3) is 5.69 Å². The fraction of sp³-hybridized carbons (Fsp3) is 0.529. The number of nitro groups is 1. The molecule has 9 heteroatoms. The Labute approximate surface area is 151 Å². The number of benzene rings is 1. The van der Waals surface area contributed by atoms with E-state index in [4.69, 9.17) is 4.74 Å². The second kappa shape index (κ2) is 9.59. The summed E-state index contributed by atoms with van der Waals surface area (Å²) in [6.45, 7) is 3.53. The largest absolute Gasteiger partial charge is 0.450 e. The Kier molecular flexibility index (Phi) is 7.19. The Balaban J connectivity index is 1.70. The Morgan fingerprint density at radius 2 is 2.00 bits per heavy atom. The van der Waals surface area contributed by atoms with Crippen LogP contribution >= 0.6 is 0 Å². The maximum absolute atomic E-state index is 12.0. The minimum absolute atomic E-state index is 0.0146. The number of nitro benzene ring substituents is 1. The third kappa shape index (κ3) is 5.61. The van der Waals surface area contributed by atoms with E-state index in [0.717, 1.165) is 0 Å². The predicted octanol–water partition coefficient (Wildman–Crippen LogP) is 2.13. The third-order valence-corrected chi connectivity index (χ3v) is 4.15. The lowest BCUT2D eigenvalue weighted by Gasteiger charge is -2.31. The van der Waals surface area contributed by atoms with Gasteiger partial charge in [-0.2, -0.15) is 0 Å². The molecule has 0 aliphatic carbocycles. The lowest BCUT2D eigenvalue weighted by atomic mass is 10.1. The number of hydrogen-bond acceptors (Lipinski definition) is 6. The topological polar surface area (TPSA) is 114 Å². The minimum atomic E-state index is -0.459. The molecule has 0 spiro atoms. The number of para-hydroxylation sites is 2. The SMILES string of the molecule is CCOC(=O)N1CCC(NC(=O)CCNc2ccccc2[N+](=O)[O-])CC1. The molecule has 0 bridgehead atoms. The summed E-state index contributed by atoms with van der Waals surface area (Å²) in [6, 6.07) is 6.35. The fourth-order valence-electron chi connectivity index (χ4n) is 2.81. The highest BCUT2D eigenvalue weighted by molar-refractivity contribution is 5.77. The number of nitrogens with one attached hydrogen (secondary N) is 2. The summed E-state index contributed by atoms with van der Waals surface area (Å²) in [6.07, 6.45) is 1.26. The van der Waals surface area contributed by atoms with Crippen molar-refractivity contribution >= 4 is 23.4 Å². The van der Waals surface area contributed by atoms with Gasteiger partial charge in [0, 0.05) is 38.2 Å². The van der Waals surface area contributed by atoms with Crippen molar-refractivity contribution < 1.29 is 19.2 Å². The van der Waals surface area contributed by atoms with Gasteiger partial charge < -0.3 is 20.3 Å². The molecular formula is C17H24N4O5. The lowest BCUT2D eigenvalue weighted by Crippen LogP contribution is -2.46. The van der Waals surface area contributed by atoms with E-state index in [9.17, 15) is 19.7 Å². The highest BCUT2D eigenvalue weighted by Crippen LogP contribution is 2.22. The van der Waals surface area contributed by atoms with Gasteiger partial charge >= 0.3 is 6.09 Å². The minimum Gasteiger partial charge on any atom is -0.450 e. The van der Waals surface area contributed by atoms with Crippen molar-refractivity contribution in [1.82, 2.24) is 10.2 Å². The zero-order valence-corrected chi connectivity index (χ0v) is 14.8. The van der Waals surface area contributed by atoms with Crippen molar-refractivity contribution in [2.45, 2.75) is 32.2 Å². The molecule has 1 aromatic rings. The molecule has 142 valence electrons. The smallest absolute Gasteiger partial charge is 0.409 e. The van der Waals surface area contributed by atoms with E-state index in [-0.39, 0.29) is 30.2 Å². The summed E-state index contributed by atoms with van der Waals surface area (Å²) >= 11 is 0. The van der Waals surface area contributed by atoms with E-state index >= 15 is 0 Å². The van der Waals surface area contributed by atoms with Crippen LogP contribution in [0.5, 0.6) is 0 Å². The average molecular weight is 364 g/mol. The van der Waals surface area contributed by atoms with Gasteiger partial charge in [-0.1, -0.05) is 12.1 Å². The summed E-state index contributed by atoms with van der Waals surface area (Å²) in [5, 5.41) is 16.8. The van der Waals surface area contributed by atoms with Crippen LogP contribution in [-0.4, -0.2) is 54.1 Å². The maximum Gasteiger partial charge on any atom is 0.409 e. The fourth-order valence-corrected chi connectivity index (χ4v) is 2.81. The molecule has 0 radical (unpaired) electrons. The normalized spacial score (nSPS) is 14.6. The second-order valence-electron chi connectivity index (χ2n) is 5.98. The van der Waals surface area contributed by atoms with Crippen LogP contribution in [0.15, 0.2) is 24.3 Å². The van der Waals surface area contributed by atoms with E-state index in [1.807, 2.05) is 0 Å². The van der Waals surface area contributed by atoms with Gasteiger partial charge in [0.15, 0.2) is 0 Å². The van der Waals surface area contributed by atoms with Crippen molar-refractivity contribution in [3.8, 4) is 0 Å². The van der Waals surface area contributed by atoms with Crippen LogP contribution in [0.3, 0.4) is 0 Å². The number of rotatable bonds is 7. The molecular weight excluding hydrogens is 340 g/mol. The number of carbonyl (C=O) groups is 2. The first kappa shape index (κ1) is 19.5. The van der Waals surface area contributed by atoms with Gasteiger partial charge in [0.05, 0.1) is 11.5 Å². The Morgan fingerprint density at radius 3 is 2.65 bits per heavy atom. The number of carbonyl (C=O) groups excluding carboxylic acids is 2. The van der Waals surface area contributed by atoms with E-state index in [1.165, 1.54) is 6.07 Å². The number of anilines is 1. The molecule has 9 nitrogen and oxygen atoms in total. The first-order valence-corrected chi connectivity index (χ1v) is 8.69. The molecule has 2 N–H and O–H groups in total. The average Bonchev–Trinajstić information content (AvgIpc) is 2.62. The molecule has 1 aliphatic rings. The quantitative estimate of drug-likeness (QED) is 0.566. The van der Waals surface area contributed by atoms with Crippen molar-refractivity contribution in [3.63, 3.8) is 0 Å². The van der Waals surface area contributed by atoms with E-state index in [2.05, 4.69) is 10.6 Å². The van der Waals surface area contributed by atoms with Crippen LogP contribution in [0.2, 0.25) is 0 Å². The number of amides is 2. The number of likely N-dealkylation sites (tertiary alicyclic amines) is 1. The van der Waals surface area contributed by atoms with Crippen molar-refractivity contribution in [1.29, 1.82) is 0 Å². The molecule has 2 amide bonds. The van der Waals surface area contributed by atoms with Gasteiger partial charge in [0.2, 0.25) is 5.91 Å². The van der Waals surface area contributed by atoms with Gasteiger partial charge in [-0.05, 0) is 25.8 Å². The molecule has 1 saturated heterocycles. The molecule has 1 heterocycles. The maximum atomic E-state index is 12.0. The zero-order valence-electron chi connectivity index (χ0n) is 14.8. The summed E-state index contributed by atoms with van der Waals surface area (Å²) < 4.78 is 4.96. The molecule has 1 aliphatic heterocycles. The lowest BCUT2D eigenvalue weighted by molar-refractivity contribution is -0.384. The van der Waals surface area contributed by atoms with Crippen LogP contribution < -0.4 is 10.6 Å². The molecule has 0 unspecified atom stereocenters. The van der Waals surface area contributed by atoms with E-state index in [0.29, 0.717) is 44.8 Å². The summed E-state index contributed by atoms with van der Waals surface area (Å²) in [4.78, 5) is 35.8. The predicted molar refractivity (Wildman–Crippen MR) is 96.0 cm³/mol. The Morgan fingerprint density at radius 1 is 1.31 bits per heavy atom. The van der Waals surface area contributed by atoms with Gasteiger partial charge in [0.1, 0.15) is 5.69 Å². The van der Waals surface area contributed by atoms with Crippen LogP contribution in [0.1, 0.15) is 26.2 Å². The zero-order chi connectivity index (χ0) is 18.9.